The van der Waals surface area contributed by atoms with Crippen LogP contribution in [0, 0.1) is 0 Å². The molecule has 1 aromatic heterocycles. The molecule has 1 aliphatic rings. The highest BCUT2D eigenvalue weighted by atomic mass is 79.9. The molecule has 0 unspecified atom stereocenters. The maximum Gasteiger partial charge on any atom is 0.228 e. The molecule has 5 nitrogen and oxygen atoms in total. The van der Waals surface area contributed by atoms with E-state index in [4.69, 9.17) is 0 Å². The molecule has 0 radical (unpaired) electrons. The Labute approximate surface area is 125 Å². The summed E-state index contributed by atoms with van der Waals surface area (Å²) in [5.74, 6) is 1.01. The zero-order valence-corrected chi connectivity index (χ0v) is 12.9. The first-order chi connectivity index (χ1) is 9.60. The molecule has 0 spiro atoms. The van der Waals surface area contributed by atoms with Crippen LogP contribution < -0.4 is 10.6 Å². The van der Waals surface area contributed by atoms with E-state index in [0.29, 0.717) is 13.0 Å². The molecule has 3 rings (SSSR count). The van der Waals surface area contributed by atoms with Crippen molar-refractivity contribution in [2.75, 3.05) is 12.4 Å². The number of carbonyl (C=O) groups is 1. The molecule has 6 heteroatoms. The number of hydrogen-bond donors (Lipinski definition) is 2. The van der Waals surface area contributed by atoms with E-state index in [-0.39, 0.29) is 5.91 Å². The van der Waals surface area contributed by atoms with Gasteiger partial charge in [0.05, 0.1) is 13.0 Å². The van der Waals surface area contributed by atoms with E-state index in [0.717, 1.165) is 32.9 Å². The van der Waals surface area contributed by atoms with Crippen molar-refractivity contribution in [1.29, 1.82) is 0 Å². The fourth-order valence-corrected chi connectivity index (χ4v) is 2.92. The molecule has 104 valence electrons. The third-order valence-corrected chi connectivity index (χ3v) is 4.36. The molecule has 0 aliphatic carbocycles. The van der Waals surface area contributed by atoms with Crippen molar-refractivity contribution in [3.8, 4) is 11.3 Å². The molecule has 1 aromatic carbocycles. The minimum atomic E-state index is 0.0492. The Bertz CT molecular complexity index is 693. The summed E-state index contributed by atoms with van der Waals surface area (Å²) < 4.78 is 2.96. The Morgan fingerprint density at radius 1 is 1.50 bits per heavy atom. The first-order valence-electron chi connectivity index (χ1n) is 6.39. The van der Waals surface area contributed by atoms with Gasteiger partial charge in [-0.05, 0) is 40.7 Å². The van der Waals surface area contributed by atoms with E-state index in [1.807, 2.05) is 36.9 Å². The first-order valence-corrected chi connectivity index (χ1v) is 7.18. The Balaban J connectivity index is 2.04. The van der Waals surface area contributed by atoms with Crippen molar-refractivity contribution in [2.24, 2.45) is 7.05 Å². The van der Waals surface area contributed by atoms with Crippen molar-refractivity contribution in [2.45, 2.75) is 13.0 Å². The molecule has 2 heterocycles. The topological polar surface area (TPSA) is 59.0 Å². The highest BCUT2D eigenvalue weighted by molar-refractivity contribution is 9.10. The molecule has 0 bridgehead atoms. The van der Waals surface area contributed by atoms with Crippen LogP contribution in [0.1, 0.15) is 11.4 Å². The van der Waals surface area contributed by atoms with Crippen molar-refractivity contribution in [3.63, 3.8) is 0 Å². The number of nitrogens with zero attached hydrogens (tertiary/aromatic N) is 2. The van der Waals surface area contributed by atoms with Crippen LogP contribution in [0.3, 0.4) is 0 Å². The standard InChI is InChI=1S/C14H15BrN4O/c1-16-7-11-18-13(14(15)19(11)2)8-3-4-10-9(5-8)6-12(20)17-10/h3-5,16H,6-7H2,1-2H3,(H,17,20). The molecule has 0 saturated heterocycles. The van der Waals surface area contributed by atoms with Crippen molar-refractivity contribution in [3.05, 3.63) is 34.2 Å². The number of hydrogen-bond acceptors (Lipinski definition) is 3. The molecule has 0 saturated carbocycles. The fraction of sp³-hybridized carbons (Fsp3) is 0.286. The van der Waals surface area contributed by atoms with Crippen LogP contribution in [0.15, 0.2) is 22.8 Å². The van der Waals surface area contributed by atoms with Crippen LogP contribution in [0.4, 0.5) is 5.69 Å². The molecule has 0 atom stereocenters. The Hall–Kier alpha value is -1.66. The monoisotopic (exact) mass is 334 g/mol. The quantitative estimate of drug-likeness (QED) is 0.903. The highest BCUT2D eigenvalue weighted by Gasteiger charge is 2.20. The summed E-state index contributed by atoms with van der Waals surface area (Å²) in [5.41, 5.74) is 3.85. The van der Waals surface area contributed by atoms with Gasteiger partial charge in [0.2, 0.25) is 5.91 Å². The lowest BCUT2D eigenvalue weighted by Crippen LogP contribution is -2.10. The van der Waals surface area contributed by atoms with Crippen molar-refractivity contribution >= 4 is 27.5 Å². The third kappa shape index (κ3) is 2.14. The van der Waals surface area contributed by atoms with Crippen LogP contribution in [-0.2, 0) is 24.8 Å². The van der Waals surface area contributed by atoms with Crippen LogP contribution in [0.25, 0.3) is 11.3 Å². The second-order valence-corrected chi connectivity index (χ2v) is 5.60. The van der Waals surface area contributed by atoms with E-state index in [9.17, 15) is 4.79 Å². The lowest BCUT2D eigenvalue weighted by molar-refractivity contribution is -0.115. The average molecular weight is 335 g/mol. The lowest BCUT2D eigenvalue weighted by atomic mass is 10.1. The number of rotatable bonds is 3. The summed E-state index contributed by atoms with van der Waals surface area (Å²) in [4.78, 5) is 16.1. The van der Waals surface area contributed by atoms with Gasteiger partial charge in [0, 0.05) is 18.3 Å². The zero-order chi connectivity index (χ0) is 14.3. The van der Waals surface area contributed by atoms with Gasteiger partial charge >= 0.3 is 0 Å². The van der Waals surface area contributed by atoms with Gasteiger partial charge in [-0.3, -0.25) is 4.79 Å². The second kappa shape index (κ2) is 5.03. The lowest BCUT2D eigenvalue weighted by Gasteiger charge is -2.02. The normalized spacial score (nSPS) is 13.4. The van der Waals surface area contributed by atoms with Gasteiger partial charge in [0.25, 0.3) is 0 Å². The molecule has 2 aromatic rings. The molecule has 0 fully saturated rings. The summed E-state index contributed by atoms with van der Waals surface area (Å²) in [6.45, 7) is 0.708. The van der Waals surface area contributed by atoms with Gasteiger partial charge in [0.15, 0.2) is 0 Å². The minimum Gasteiger partial charge on any atom is -0.326 e. The van der Waals surface area contributed by atoms with E-state index in [2.05, 4.69) is 31.5 Å². The number of anilines is 1. The van der Waals surface area contributed by atoms with Crippen molar-refractivity contribution in [1.82, 2.24) is 14.9 Å². The van der Waals surface area contributed by atoms with E-state index in [1.165, 1.54) is 0 Å². The number of benzene rings is 1. The maximum absolute atomic E-state index is 11.4. The molecule has 20 heavy (non-hydrogen) atoms. The van der Waals surface area contributed by atoms with Crippen LogP contribution in [-0.4, -0.2) is 22.5 Å². The summed E-state index contributed by atoms with van der Waals surface area (Å²) in [5, 5.41) is 5.95. The van der Waals surface area contributed by atoms with E-state index < -0.39 is 0 Å². The summed E-state index contributed by atoms with van der Waals surface area (Å²) in [6.07, 6.45) is 0.441. The van der Waals surface area contributed by atoms with Gasteiger partial charge < -0.3 is 15.2 Å². The van der Waals surface area contributed by atoms with Gasteiger partial charge in [-0.25, -0.2) is 4.98 Å². The highest BCUT2D eigenvalue weighted by Crippen LogP contribution is 2.32. The minimum absolute atomic E-state index is 0.0492. The Kier molecular flexibility index (Phi) is 3.35. The molecular formula is C14H15BrN4O. The fourth-order valence-electron chi connectivity index (χ4n) is 2.40. The Morgan fingerprint density at radius 2 is 2.30 bits per heavy atom. The molecule has 2 N–H and O–H groups in total. The second-order valence-electron chi connectivity index (χ2n) is 4.85. The SMILES string of the molecule is CNCc1nc(-c2ccc3c(c2)CC(=O)N3)c(Br)n1C. The molecule has 1 amide bonds. The maximum atomic E-state index is 11.4. The van der Waals surface area contributed by atoms with Gasteiger partial charge in [-0.1, -0.05) is 6.07 Å². The smallest absolute Gasteiger partial charge is 0.228 e. The van der Waals surface area contributed by atoms with Gasteiger partial charge in [0.1, 0.15) is 16.1 Å². The largest absolute Gasteiger partial charge is 0.326 e. The number of nitrogens with one attached hydrogen (secondary N) is 2. The number of fused-ring (bicyclic) bond motifs is 1. The van der Waals surface area contributed by atoms with Crippen LogP contribution in [0.5, 0.6) is 0 Å². The van der Waals surface area contributed by atoms with Crippen LogP contribution in [0.2, 0.25) is 0 Å². The predicted octanol–water partition coefficient (Wildman–Crippen LogP) is 2.06. The van der Waals surface area contributed by atoms with E-state index >= 15 is 0 Å². The third-order valence-electron chi connectivity index (χ3n) is 3.46. The summed E-state index contributed by atoms with van der Waals surface area (Å²) in [6, 6.07) is 5.96. The molecular weight excluding hydrogens is 320 g/mol. The van der Waals surface area contributed by atoms with E-state index in [1.54, 1.807) is 0 Å². The number of imidazole rings is 1. The molecule has 1 aliphatic heterocycles. The Morgan fingerprint density at radius 3 is 3.05 bits per heavy atom. The number of amides is 1. The summed E-state index contributed by atoms with van der Waals surface area (Å²) >= 11 is 3.59. The zero-order valence-electron chi connectivity index (χ0n) is 11.3. The predicted molar refractivity (Wildman–Crippen MR) is 81.4 cm³/mol. The van der Waals surface area contributed by atoms with Gasteiger partial charge in [-0.15, -0.1) is 0 Å². The summed E-state index contributed by atoms with van der Waals surface area (Å²) in [7, 11) is 3.88. The first kappa shape index (κ1) is 13.3. The number of carbonyl (C=O) groups excluding carboxylic acids is 1. The average Bonchev–Trinajstić information content (AvgIpc) is 2.92. The number of halogens is 1. The number of aromatic nitrogens is 2. The van der Waals surface area contributed by atoms with Crippen molar-refractivity contribution < 1.29 is 4.79 Å². The van der Waals surface area contributed by atoms with Gasteiger partial charge in [-0.2, -0.15) is 0 Å². The van der Waals surface area contributed by atoms with Crippen LogP contribution >= 0.6 is 15.9 Å².